The minimum absolute atomic E-state index is 0.108. The van der Waals surface area contributed by atoms with Gasteiger partial charge in [-0.05, 0) is 37.5 Å². The molecule has 1 aliphatic heterocycles. The zero-order valence-electron chi connectivity index (χ0n) is 18.5. The topological polar surface area (TPSA) is 71.0 Å². The van der Waals surface area contributed by atoms with E-state index in [1.807, 2.05) is 32.0 Å². The van der Waals surface area contributed by atoms with Gasteiger partial charge in [0.1, 0.15) is 0 Å². The number of ether oxygens (including phenoxy) is 1. The lowest BCUT2D eigenvalue weighted by Crippen LogP contribution is -2.65. The molecule has 0 saturated carbocycles. The molecule has 1 aromatic rings. The fourth-order valence-electron chi connectivity index (χ4n) is 3.49. The van der Waals surface area contributed by atoms with Crippen molar-refractivity contribution in [3.63, 3.8) is 0 Å². The Balaban J connectivity index is 2.17. The maximum absolute atomic E-state index is 11.1. The highest BCUT2D eigenvalue weighted by molar-refractivity contribution is 6.74. The van der Waals surface area contributed by atoms with Crippen molar-refractivity contribution in [1.29, 1.82) is 0 Å². The summed E-state index contributed by atoms with van der Waals surface area (Å²) in [4.78, 5) is 0. The predicted molar refractivity (Wildman–Crippen MR) is 116 cm³/mol. The number of hydrogen-bond donors (Lipinski definition) is 3. The molecule has 0 bridgehead atoms. The van der Waals surface area contributed by atoms with Crippen LogP contribution in [0.3, 0.4) is 0 Å². The van der Waals surface area contributed by atoms with Crippen molar-refractivity contribution in [3.8, 4) is 0 Å². The smallest absolute Gasteiger partial charge is 0.192 e. The molecule has 1 fully saturated rings. The number of hydrogen-bond acceptors (Lipinski definition) is 5. The van der Waals surface area contributed by atoms with E-state index in [0.29, 0.717) is 13.2 Å². The number of benzene rings is 1. The highest BCUT2D eigenvalue weighted by Crippen LogP contribution is 2.39. The van der Waals surface area contributed by atoms with Gasteiger partial charge in [-0.3, -0.25) is 0 Å². The molecule has 160 valence electrons. The Morgan fingerprint density at radius 1 is 1.18 bits per heavy atom. The summed E-state index contributed by atoms with van der Waals surface area (Å²) in [7, 11) is -1.94. The Morgan fingerprint density at radius 2 is 1.79 bits per heavy atom. The summed E-state index contributed by atoms with van der Waals surface area (Å²) >= 11 is 0. The Kier molecular flexibility index (Phi) is 7.51. The first-order chi connectivity index (χ1) is 12.9. The van der Waals surface area contributed by atoms with Crippen LogP contribution in [0.15, 0.2) is 30.3 Å². The molecule has 0 unspecified atom stereocenters. The molecule has 0 spiro atoms. The number of nitrogens with one attached hydrogen (secondary N) is 1. The third kappa shape index (κ3) is 5.43. The monoisotopic (exact) mass is 409 g/mol. The zero-order valence-corrected chi connectivity index (χ0v) is 19.5. The molecule has 0 aliphatic carbocycles. The summed E-state index contributed by atoms with van der Waals surface area (Å²) in [6.07, 6.45) is -1.00. The van der Waals surface area contributed by atoms with E-state index in [-0.39, 0.29) is 29.7 Å². The van der Waals surface area contributed by atoms with Gasteiger partial charge in [0.25, 0.3) is 0 Å². The summed E-state index contributed by atoms with van der Waals surface area (Å²) < 4.78 is 12.8. The van der Waals surface area contributed by atoms with E-state index in [4.69, 9.17) is 9.16 Å². The van der Waals surface area contributed by atoms with Gasteiger partial charge in [0.05, 0.1) is 37.1 Å². The lowest BCUT2D eigenvalue weighted by molar-refractivity contribution is -0.214. The van der Waals surface area contributed by atoms with Crippen LogP contribution in [-0.4, -0.2) is 55.6 Å². The van der Waals surface area contributed by atoms with E-state index in [1.165, 1.54) is 0 Å². The molecule has 0 radical (unpaired) electrons. The fraction of sp³-hybridized carbons (Fsp3) is 0.727. The maximum atomic E-state index is 11.1. The second-order valence-electron chi connectivity index (χ2n) is 10.0. The quantitative estimate of drug-likeness (QED) is 0.603. The summed E-state index contributed by atoms with van der Waals surface area (Å²) in [6.45, 7) is 15.9. The van der Waals surface area contributed by atoms with Crippen molar-refractivity contribution >= 4 is 8.32 Å². The molecule has 5 nitrogen and oxygen atoms in total. The van der Waals surface area contributed by atoms with Crippen LogP contribution in [0.4, 0.5) is 0 Å². The van der Waals surface area contributed by atoms with Gasteiger partial charge >= 0.3 is 0 Å². The molecule has 1 heterocycles. The third-order valence-corrected chi connectivity index (χ3v) is 11.0. The van der Waals surface area contributed by atoms with E-state index >= 15 is 0 Å². The first-order valence-corrected chi connectivity index (χ1v) is 13.2. The van der Waals surface area contributed by atoms with Gasteiger partial charge < -0.3 is 24.7 Å². The number of aliphatic hydroxyl groups is 2. The molecule has 1 aliphatic rings. The Hall–Kier alpha value is -0.763. The van der Waals surface area contributed by atoms with Crippen LogP contribution < -0.4 is 5.32 Å². The van der Waals surface area contributed by atoms with Crippen LogP contribution in [0.1, 0.15) is 40.2 Å². The largest absolute Gasteiger partial charge is 0.414 e. The van der Waals surface area contributed by atoms with Crippen molar-refractivity contribution in [2.75, 3.05) is 13.2 Å². The van der Waals surface area contributed by atoms with E-state index in [9.17, 15) is 10.2 Å². The summed E-state index contributed by atoms with van der Waals surface area (Å²) in [6, 6.07) is 9.79. The fourth-order valence-corrected chi connectivity index (χ4v) is 4.50. The lowest BCUT2D eigenvalue weighted by atomic mass is 9.78. The van der Waals surface area contributed by atoms with Crippen LogP contribution in [0.25, 0.3) is 0 Å². The molecule has 4 atom stereocenters. The van der Waals surface area contributed by atoms with E-state index in [2.05, 4.69) is 51.3 Å². The van der Waals surface area contributed by atoms with Crippen molar-refractivity contribution in [2.45, 2.75) is 83.1 Å². The third-order valence-electron chi connectivity index (χ3n) is 6.52. The molecular formula is C22H39NO4Si. The van der Waals surface area contributed by atoms with E-state index in [0.717, 1.165) is 5.56 Å². The van der Waals surface area contributed by atoms with Crippen molar-refractivity contribution < 1.29 is 19.4 Å². The molecule has 28 heavy (non-hydrogen) atoms. The molecule has 0 amide bonds. The van der Waals surface area contributed by atoms with Crippen molar-refractivity contribution in [3.05, 3.63) is 35.9 Å². The van der Waals surface area contributed by atoms with E-state index < -0.39 is 20.0 Å². The second kappa shape index (κ2) is 8.94. The normalized spacial score (nSPS) is 28.3. The zero-order chi connectivity index (χ0) is 21.2. The second-order valence-corrected chi connectivity index (χ2v) is 14.8. The molecule has 3 N–H and O–H groups in total. The van der Waals surface area contributed by atoms with Crippen LogP contribution in [0, 0.1) is 5.92 Å². The van der Waals surface area contributed by atoms with Gasteiger partial charge in [-0.25, -0.2) is 0 Å². The van der Waals surface area contributed by atoms with Crippen LogP contribution in [0.2, 0.25) is 18.1 Å². The van der Waals surface area contributed by atoms with Crippen LogP contribution in [-0.2, 0) is 15.7 Å². The Morgan fingerprint density at radius 3 is 2.32 bits per heavy atom. The number of rotatable bonds is 7. The van der Waals surface area contributed by atoms with Gasteiger partial charge in [-0.15, -0.1) is 0 Å². The highest BCUT2D eigenvalue weighted by atomic mass is 28.4. The van der Waals surface area contributed by atoms with Crippen LogP contribution in [0.5, 0.6) is 0 Å². The van der Waals surface area contributed by atoms with Gasteiger partial charge in [-0.2, -0.15) is 0 Å². The maximum Gasteiger partial charge on any atom is 0.192 e. The first-order valence-electron chi connectivity index (χ1n) is 10.3. The van der Waals surface area contributed by atoms with Crippen molar-refractivity contribution in [1.82, 2.24) is 5.32 Å². The summed E-state index contributed by atoms with van der Waals surface area (Å²) in [5, 5.41) is 24.5. The minimum Gasteiger partial charge on any atom is -0.414 e. The molecule has 1 saturated heterocycles. The predicted octanol–water partition coefficient (Wildman–Crippen LogP) is 3.31. The molecule has 2 rings (SSSR count). The van der Waals surface area contributed by atoms with Crippen molar-refractivity contribution in [2.24, 2.45) is 5.92 Å². The molecule has 1 aromatic carbocycles. The van der Waals surface area contributed by atoms with Gasteiger partial charge in [0.15, 0.2) is 8.32 Å². The molecule has 0 aromatic heterocycles. The van der Waals surface area contributed by atoms with Gasteiger partial charge in [0.2, 0.25) is 0 Å². The SMILES string of the molecule is CC1(C)O[C@H](CO[Si](C)(C)C(C)(C)C)[C@H](NCc2ccccc2)[C@@H](O)[C@@H]1CO. The lowest BCUT2D eigenvalue weighted by Gasteiger charge is -2.50. The first kappa shape index (κ1) is 23.5. The van der Waals surface area contributed by atoms with Gasteiger partial charge in [-0.1, -0.05) is 51.1 Å². The molecule has 6 heteroatoms. The van der Waals surface area contributed by atoms with Gasteiger partial charge in [0, 0.05) is 12.5 Å². The summed E-state index contributed by atoms with van der Waals surface area (Å²) in [5.74, 6) is -0.357. The standard InChI is InChI=1S/C22H39NO4Si/c1-21(2,3)28(6,7)26-15-18-19(23-13-16-11-9-8-10-12-16)20(25)17(14-24)22(4,5)27-18/h8-12,17-20,23-25H,13-15H2,1-7H3/t17-,18+,19-,20-/m0/s1. The number of aliphatic hydroxyl groups excluding tert-OH is 2. The average Bonchev–Trinajstić information content (AvgIpc) is 2.59. The average molecular weight is 410 g/mol. The Labute approximate surface area is 171 Å². The minimum atomic E-state index is -1.94. The Bertz CT molecular complexity index is 615. The highest BCUT2D eigenvalue weighted by Gasteiger charge is 2.49. The van der Waals surface area contributed by atoms with E-state index in [1.54, 1.807) is 0 Å². The van der Waals surface area contributed by atoms with Crippen LogP contribution >= 0.6 is 0 Å². The summed E-state index contributed by atoms with van der Waals surface area (Å²) in [5.41, 5.74) is 0.518. The molecular weight excluding hydrogens is 370 g/mol.